The standard InChI is InChI=1S/C18H18F2N4O3S/c1-23(2)8-11-4-5-15(27-11)17-21-22-18(24(17)3)28-16-12(19)6-10(7-13(16)20)14(26)9-25/h4-7,25H,8-9H2,1-3H3. The summed E-state index contributed by atoms with van der Waals surface area (Å²) in [6.45, 7) is -0.203. The highest BCUT2D eigenvalue weighted by Crippen LogP contribution is 2.33. The van der Waals surface area contributed by atoms with Crippen LogP contribution in [0.4, 0.5) is 8.78 Å². The van der Waals surface area contributed by atoms with Crippen molar-refractivity contribution in [3.8, 4) is 11.6 Å². The lowest BCUT2D eigenvalue weighted by Crippen LogP contribution is -2.09. The van der Waals surface area contributed by atoms with Gasteiger partial charge in [-0.15, -0.1) is 10.2 Å². The molecule has 0 aliphatic rings. The molecule has 2 aromatic heterocycles. The Balaban J connectivity index is 1.87. The second kappa shape index (κ2) is 8.21. The predicted molar refractivity (Wildman–Crippen MR) is 98.0 cm³/mol. The van der Waals surface area contributed by atoms with Gasteiger partial charge >= 0.3 is 0 Å². The lowest BCUT2D eigenvalue weighted by atomic mass is 10.1. The Hall–Kier alpha value is -2.56. The summed E-state index contributed by atoms with van der Waals surface area (Å²) in [6.07, 6.45) is 0. The van der Waals surface area contributed by atoms with Gasteiger partial charge in [0.25, 0.3) is 0 Å². The van der Waals surface area contributed by atoms with Crippen LogP contribution in [0.5, 0.6) is 0 Å². The third-order valence-corrected chi connectivity index (χ3v) is 4.98. The van der Waals surface area contributed by atoms with Gasteiger partial charge in [0.15, 0.2) is 22.5 Å². The van der Waals surface area contributed by atoms with Crippen LogP contribution in [0.25, 0.3) is 11.6 Å². The number of aliphatic hydroxyl groups excluding tert-OH is 1. The minimum Gasteiger partial charge on any atom is -0.456 e. The van der Waals surface area contributed by atoms with Gasteiger partial charge < -0.3 is 19.0 Å². The summed E-state index contributed by atoms with van der Waals surface area (Å²) in [7, 11) is 5.49. The van der Waals surface area contributed by atoms with Crippen molar-refractivity contribution in [2.45, 2.75) is 16.6 Å². The molecule has 1 N–H and O–H groups in total. The molecule has 0 radical (unpaired) electrons. The van der Waals surface area contributed by atoms with Crippen molar-refractivity contribution in [1.82, 2.24) is 19.7 Å². The molecule has 7 nitrogen and oxygen atoms in total. The van der Waals surface area contributed by atoms with E-state index in [1.165, 1.54) is 0 Å². The molecular weight excluding hydrogens is 390 g/mol. The Labute approximate surface area is 164 Å². The van der Waals surface area contributed by atoms with Crippen molar-refractivity contribution in [2.24, 2.45) is 7.05 Å². The molecule has 148 valence electrons. The van der Waals surface area contributed by atoms with Gasteiger partial charge in [0.2, 0.25) is 0 Å². The third kappa shape index (κ3) is 4.13. The van der Waals surface area contributed by atoms with E-state index in [0.29, 0.717) is 18.1 Å². The number of carbonyl (C=O) groups is 1. The van der Waals surface area contributed by atoms with E-state index in [4.69, 9.17) is 9.52 Å². The molecule has 0 spiro atoms. The number of halogens is 2. The molecule has 0 amide bonds. The first-order valence-corrected chi connectivity index (χ1v) is 9.06. The molecule has 2 heterocycles. The summed E-state index contributed by atoms with van der Waals surface area (Å²) in [5, 5.41) is 17.1. The van der Waals surface area contributed by atoms with E-state index in [-0.39, 0.29) is 15.6 Å². The molecule has 10 heteroatoms. The van der Waals surface area contributed by atoms with Crippen LogP contribution < -0.4 is 0 Å². The largest absolute Gasteiger partial charge is 0.456 e. The van der Waals surface area contributed by atoms with Crippen LogP contribution in [0.2, 0.25) is 0 Å². The number of furan rings is 1. The number of nitrogens with zero attached hydrogens (tertiary/aromatic N) is 4. The van der Waals surface area contributed by atoms with Gasteiger partial charge in [-0.05, 0) is 50.1 Å². The fourth-order valence-electron chi connectivity index (χ4n) is 2.51. The van der Waals surface area contributed by atoms with Crippen molar-refractivity contribution < 1.29 is 23.1 Å². The number of ketones is 1. The first-order chi connectivity index (χ1) is 13.3. The number of Topliss-reactive ketones (excluding diaryl/α,β-unsaturated/α-hetero) is 1. The van der Waals surface area contributed by atoms with Gasteiger partial charge in [0, 0.05) is 12.6 Å². The van der Waals surface area contributed by atoms with E-state index < -0.39 is 24.0 Å². The smallest absolute Gasteiger partial charge is 0.200 e. The highest BCUT2D eigenvalue weighted by atomic mass is 32.2. The Kier molecular flexibility index (Phi) is 5.92. The van der Waals surface area contributed by atoms with Gasteiger partial charge in [-0.1, -0.05) is 0 Å². The molecule has 0 saturated carbocycles. The molecule has 28 heavy (non-hydrogen) atoms. The molecule has 1 aromatic carbocycles. The van der Waals surface area contributed by atoms with Crippen LogP contribution in [0, 0.1) is 11.6 Å². The zero-order chi connectivity index (χ0) is 20.4. The maximum Gasteiger partial charge on any atom is 0.200 e. The maximum atomic E-state index is 14.3. The summed E-state index contributed by atoms with van der Waals surface area (Å²) in [4.78, 5) is 13.1. The number of hydrogen-bond donors (Lipinski definition) is 1. The fourth-order valence-corrected chi connectivity index (χ4v) is 3.31. The van der Waals surface area contributed by atoms with Crippen LogP contribution in [0.3, 0.4) is 0 Å². The third-order valence-electron chi connectivity index (χ3n) is 3.85. The molecule has 0 saturated heterocycles. The van der Waals surface area contributed by atoms with Crippen molar-refractivity contribution in [2.75, 3.05) is 20.7 Å². The molecule has 0 bridgehead atoms. The average molecular weight is 408 g/mol. The molecule has 3 aromatic rings. The average Bonchev–Trinajstić information content (AvgIpc) is 3.23. The quantitative estimate of drug-likeness (QED) is 0.602. The van der Waals surface area contributed by atoms with Crippen molar-refractivity contribution in [1.29, 1.82) is 0 Å². The minimum atomic E-state index is -0.919. The number of aliphatic hydroxyl groups is 1. The van der Waals surface area contributed by atoms with Crippen LogP contribution in [0.15, 0.2) is 38.7 Å². The van der Waals surface area contributed by atoms with Crippen LogP contribution in [0.1, 0.15) is 16.1 Å². The SMILES string of the molecule is CN(C)Cc1ccc(-c2nnc(Sc3c(F)cc(C(=O)CO)cc3F)n2C)o1. The first kappa shape index (κ1) is 20.2. The summed E-state index contributed by atoms with van der Waals surface area (Å²) >= 11 is 0.744. The lowest BCUT2D eigenvalue weighted by Gasteiger charge is -2.07. The summed E-state index contributed by atoms with van der Waals surface area (Å²) in [6, 6.07) is 5.36. The summed E-state index contributed by atoms with van der Waals surface area (Å²) in [5.41, 5.74) is -0.232. The second-order valence-corrected chi connectivity index (χ2v) is 7.30. The Morgan fingerprint density at radius 2 is 1.93 bits per heavy atom. The fraction of sp³-hybridized carbons (Fsp3) is 0.278. The normalized spacial score (nSPS) is 11.4. The van der Waals surface area contributed by atoms with Gasteiger partial charge in [-0.25, -0.2) is 8.78 Å². The van der Waals surface area contributed by atoms with Crippen LogP contribution in [-0.4, -0.2) is 51.3 Å². The summed E-state index contributed by atoms with van der Waals surface area (Å²) in [5.74, 6) is -0.945. The second-order valence-electron chi connectivity index (χ2n) is 6.32. The Morgan fingerprint density at radius 3 is 2.54 bits per heavy atom. The van der Waals surface area contributed by atoms with Crippen molar-refractivity contribution >= 4 is 17.5 Å². The molecule has 0 atom stereocenters. The molecule has 0 aliphatic heterocycles. The van der Waals surface area contributed by atoms with E-state index in [1.54, 1.807) is 17.7 Å². The molecule has 0 fully saturated rings. The highest BCUT2D eigenvalue weighted by molar-refractivity contribution is 7.99. The van der Waals surface area contributed by atoms with Gasteiger partial charge in [-0.3, -0.25) is 4.79 Å². The number of hydrogen-bond acceptors (Lipinski definition) is 7. The lowest BCUT2D eigenvalue weighted by molar-refractivity contribution is 0.0902. The number of benzene rings is 1. The number of carbonyl (C=O) groups excluding carboxylic acids is 1. The van der Waals surface area contributed by atoms with Crippen LogP contribution in [-0.2, 0) is 13.6 Å². The zero-order valence-electron chi connectivity index (χ0n) is 15.4. The predicted octanol–water partition coefficient (Wildman–Crippen LogP) is 2.74. The number of aromatic nitrogens is 3. The van der Waals surface area contributed by atoms with Gasteiger partial charge in [0.05, 0.1) is 11.4 Å². The molecule has 0 unspecified atom stereocenters. The highest BCUT2D eigenvalue weighted by Gasteiger charge is 2.20. The van der Waals surface area contributed by atoms with Gasteiger partial charge in [-0.2, -0.15) is 0 Å². The van der Waals surface area contributed by atoms with E-state index in [1.807, 2.05) is 25.1 Å². The van der Waals surface area contributed by atoms with E-state index in [0.717, 1.165) is 29.7 Å². The Morgan fingerprint density at radius 1 is 1.25 bits per heavy atom. The summed E-state index contributed by atoms with van der Waals surface area (Å²) < 4.78 is 35.9. The van der Waals surface area contributed by atoms with E-state index in [9.17, 15) is 13.6 Å². The monoisotopic (exact) mass is 408 g/mol. The minimum absolute atomic E-state index is 0.232. The number of rotatable bonds is 7. The maximum absolute atomic E-state index is 14.3. The van der Waals surface area contributed by atoms with Crippen LogP contribution >= 0.6 is 11.8 Å². The topological polar surface area (TPSA) is 84.4 Å². The van der Waals surface area contributed by atoms with E-state index in [2.05, 4.69) is 10.2 Å². The first-order valence-electron chi connectivity index (χ1n) is 8.24. The van der Waals surface area contributed by atoms with Gasteiger partial charge in [0.1, 0.15) is 24.0 Å². The molecule has 3 rings (SSSR count). The molecular formula is C18H18F2N4O3S. The van der Waals surface area contributed by atoms with E-state index >= 15 is 0 Å². The van der Waals surface area contributed by atoms with Crippen molar-refractivity contribution in [3.63, 3.8) is 0 Å². The Bertz CT molecular complexity index is 993. The molecule has 0 aliphatic carbocycles. The van der Waals surface area contributed by atoms with Crippen molar-refractivity contribution in [3.05, 3.63) is 47.2 Å². The zero-order valence-corrected chi connectivity index (χ0v) is 16.3.